The maximum Gasteiger partial charge on any atom is 0.153 e. The molecule has 0 aliphatic heterocycles. The van der Waals surface area contributed by atoms with E-state index in [1.165, 1.54) is 0 Å². The summed E-state index contributed by atoms with van der Waals surface area (Å²) in [6, 6.07) is 3.60. The third-order valence-electron chi connectivity index (χ3n) is 4.05. The molecule has 2 aromatic heterocycles. The number of furan rings is 1. The van der Waals surface area contributed by atoms with Gasteiger partial charge < -0.3 is 9.21 Å². The Labute approximate surface area is 117 Å². The van der Waals surface area contributed by atoms with Crippen LogP contribution in [0.3, 0.4) is 0 Å². The van der Waals surface area contributed by atoms with Crippen molar-refractivity contribution in [3.8, 4) is 0 Å². The number of aryl methyl sites for hydroxylation is 1. The molecule has 3 rings (SSSR count). The standard InChI is InChI=1S/C15H16ClNO2/c1-9-14-12(5-6-13(16)17-14)19-15(9)11-4-2-3-10(7-11)8-18/h5-6,8,10-11H,2-4,7H2,1H3. The van der Waals surface area contributed by atoms with Crippen LogP contribution in [0.15, 0.2) is 16.5 Å². The summed E-state index contributed by atoms with van der Waals surface area (Å²) in [5.41, 5.74) is 2.69. The number of hydrogen-bond acceptors (Lipinski definition) is 3. The average Bonchev–Trinajstić information content (AvgIpc) is 2.76. The van der Waals surface area contributed by atoms with E-state index in [4.69, 9.17) is 16.0 Å². The van der Waals surface area contributed by atoms with E-state index in [0.29, 0.717) is 11.1 Å². The van der Waals surface area contributed by atoms with Gasteiger partial charge in [0.25, 0.3) is 0 Å². The first-order valence-corrected chi connectivity index (χ1v) is 7.07. The summed E-state index contributed by atoms with van der Waals surface area (Å²) in [4.78, 5) is 15.3. The van der Waals surface area contributed by atoms with Crippen LogP contribution < -0.4 is 0 Å². The lowest BCUT2D eigenvalue weighted by atomic mass is 9.80. The smallest absolute Gasteiger partial charge is 0.153 e. The van der Waals surface area contributed by atoms with Crippen molar-refractivity contribution in [2.75, 3.05) is 0 Å². The van der Waals surface area contributed by atoms with Crippen LogP contribution in [-0.4, -0.2) is 11.3 Å². The molecule has 0 bridgehead atoms. The summed E-state index contributed by atoms with van der Waals surface area (Å²) in [6.07, 6.45) is 5.14. The van der Waals surface area contributed by atoms with Crippen molar-refractivity contribution in [1.82, 2.24) is 4.98 Å². The van der Waals surface area contributed by atoms with Crippen LogP contribution in [0.4, 0.5) is 0 Å². The molecule has 2 atom stereocenters. The minimum Gasteiger partial charge on any atom is -0.459 e. The molecule has 2 unspecified atom stereocenters. The maximum atomic E-state index is 11.0. The molecule has 0 radical (unpaired) electrons. The van der Waals surface area contributed by atoms with Crippen molar-refractivity contribution in [2.45, 2.75) is 38.5 Å². The molecule has 1 fully saturated rings. The second-order valence-electron chi connectivity index (χ2n) is 5.33. The highest BCUT2D eigenvalue weighted by atomic mass is 35.5. The number of aromatic nitrogens is 1. The van der Waals surface area contributed by atoms with Crippen molar-refractivity contribution in [1.29, 1.82) is 0 Å². The highest BCUT2D eigenvalue weighted by Gasteiger charge is 2.27. The van der Waals surface area contributed by atoms with Crippen LogP contribution in [0.25, 0.3) is 11.1 Å². The quantitative estimate of drug-likeness (QED) is 0.608. The second kappa shape index (κ2) is 4.97. The monoisotopic (exact) mass is 277 g/mol. The van der Waals surface area contributed by atoms with Crippen LogP contribution in [-0.2, 0) is 4.79 Å². The SMILES string of the molecule is Cc1c(C2CCCC(C=O)C2)oc2ccc(Cl)nc12. The molecule has 2 heterocycles. The second-order valence-corrected chi connectivity index (χ2v) is 5.72. The molecule has 0 N–H and O–H groups in total. The molecular formula is C15H16ClNO2. The zero-order chi connectivity index (χ0) is 13.4. The summed E-state index contributed by atoms with van der Waals surface area (Å²) in [5, 5.41) is 0.484. The van der Waals surface area contributed by atoms with E-state index in [2.05, 4.69) is 4.98 Å². The van der Waals surface area contributed by atoms with Crippen LogP contribution >= 0.6 is 11.6 Å². The van der Waals surface area contributed by atoms with Gasteiger partial charge in [-0.2, -0.15) is 0 Å². The summed E-state index contributed by atoms with van der Waals surface area (Å²) < 4.78 is 5.95. The molecular weight excluding hydrogens is 262 g/mol. The molecule has 3 nitrogen and oxygen atoms in total. The zero-order valence-electron chi connectivity index (χ0n) is 10.9. The maximum absolute atomic E-state index is 11.0. The van der Waals surface area contributed by atoms with Crippen molar-refractivity contribution in [2.24, 2.45) is 5.92 Å². The Hall–Kier alpha value is -1.35. The van der Waals surface area contributed by atoms with Crippen LogP contribution in [0, 0.1) is 12.8 Å². The Morgan fingerprint density at radius 2 is 2.26 bits per heavy atom. The first-order valence-electron chi connectivity index (χ1n) is 6.70. The molecule has 100 valence electrons. The highest BCUT2D eigenvalue weighted by molar-refractivity contribution is 6.29. The Morgan fingerprint density at radius 1 is 1.42 bits per heavy atom. The van der Waals surface area contributed by atoms with Gasteiger partial charge in [0.05, 0.1) is 0 Å². The minimum absolute atomic E-state index is 0.169. The van der Waals surface area contributed by atoms with E-state index in [-0.39, 0.29) is 5.92 Å². The minimum atomic E-state index is 0.169. The number of carbonyl (C=O) groups excluding carboxylic acids is 1. The predicted molar refractivity (Wildman–Crippen MR) is 74.5 cm³/mol. The Kier molecular flexibility index (Phi) is 3.31. The molecule has 1 aliphatic carbocycles. The van der Waals surface area contributed by atoms with Crippen molar-refractivity contribution < 1.29 is 9.21 Å². The van der Waals surface area contributed by atoms with Gasteiger partial charge in [-0.3, -0.25) is 0 Å². The van der Waals surface area contributed by atoms with Gasteiger partial charge >= 0.3 is 0 Å². The van der Waals surface area contributed by atoms with Crippen molar-refractivity contribution in [3.63, 3.8) is 0 Å². The predicted octanol–water partition coefficient (Wildman–Crippen LogP) is 4.26. The van der Waals surface area contributed by atoms with E-state index in [1.807, 2.05) is 13.0 Å². The lowest BCUT2D eigenvalue weighted by Gasteiger charge is -2.24. The highest BCUT2D eigenvalue weighted by Crippen LogP contribution is 2.39. The normalized spacial score (nSPS) is 23.7. The summed E-state index contributed by atoms with van der Waals surface area (Å²) >= 11 is 5.93. The van der Waals surface area contributed by atoms with Crippen LogP contribution in [0.1, 0.15) is 42.9 Å². The molecule has 0 amide bonds. The van der Waals surface area contributed by atoms with E-state index in [1.54, 1.807) is 6.07 Å². The van der Waals surface area contributed by atoms with E-state index in [9.17, 15) is 4.79 Å². The molecule has 2 aromatic rings. The lowest BCUT2D eigenvalue weighted by molar-refractivity contribution is -0.112. The summed E-state index contributed by atoms with van der Waals surface area (Å²) in [7, 11) is 0. The fraction of sp³-hybridized carbons (Fsp3) is 0.467. The third kappa shape index (κ3) is 2.27. The van der Waals surface area contributed by atoms with Gasteiger partial charge in [0.1, 0.15) is 22.7 Å². The fourth-order valence-electron chi connectivity index (χ4n) is 3.06. The van der Waals surface area contributed by atoms with Gasteiger partial charge in [-0.1, -0.05) is 18.0 Å². The van der Waals surface area contributed by atoms with Gasteiger partial charge in [-0.15, -0.1) is 0 Å². The number of hydrogen-bond donors (Lipinski definition) is 0. The molecule has 0 spiro atoms. The lowest BCUT2D eigenvalue weighted by Crippen LogP contribution is -2.15. The third-order valence-corrected chi connectivity index (χ3v) is 4.26. The molecule has 1 aliphatic rings. The molecule has 0 saturated heterocycles. The number of carbonyl (C=O) groups is 1. The molecule has 4 heteroatoms. The van der Waals surface area contributed by atoms with Gasteiger partial charge in [0.2, 0.25) is 0 Å². The topological polar surface area (TPSA) is 43.1 Å². The van der Waals surface area contributed by atoms with Gasteiger partial charge in [0.15, 0.2) is 5.58 Å². The Morgan fingerprint density at radius 3 is 3.05 bits per heavy atom. The Bertz CT molecular complexity index is 620. The molecule has 1 saturated carbocycles. The first kappa shape index (κ1) is 12.7. The number of pyridine rings is 1. The number of fused-ring (bicyclic) bond motifs is 1. The largest absolute Gasteiger partial charge is 0.459 e. The number of rotatable bonds is 2. The van der Waals surface area contributed by atoms with Crippen molar-refractivity contribution in [3.05, 3.63) is 28.6 Å². The summed E-state index contributed by atoms with van der Waals surface area (Å²) in [6.45, 7) is 2.02. The fourth-order valence-corrected chi connectivity index (χ4v) is 3.21. The van der Waals surface area contributed by atoms with E-state index < -0.39 is 0 Å². The number of halogens is 1. The molecule has 0 aromatic carbocycles. The van der Waals surface area contributed by atoms with Gasteiger partial charge in [-0.25, -0.2) is 4.98 Å². The zero-order valence-corrected chi connectivity index (χ0v) is 11.6. The average molecular weight is 278 g/mol. The number of aldehydes is 1. The van der Waals surface area contributed by atoms with Crippen LogP contribution in [0.5, 0.6) is 0 Å². The van der Waals surface area contributed by atoms with E-state index in [0.717, 1.165) is 54.4 Å². The van der Waals surface area contributed by atoms with Gasteiger partial charge in [-0.05, 0) is 38.3 Å². The Balaban J connectivity index is 2.00. The van der Waals surface area contributed by atoms with Crippen LogP contribution in [0.2, 0.25) is 5.15 Å². The van der Waals surface area contributed by atoms with E-state index >= 15 is 0 Å². The van der Waals surface area contributed by atoms with Crippen molar-refractivity contribution >= 4 is 29.0 Å². The van der Waals surface area contributed by atoms with Gasteiger partial charge in [0, 0.05) is 17.4 Å². The molecule has 19 heavy (non-hydrogen) atoms. The first-order chi connectivity index (χ1) is 9.19. The number of nitrogens with zero attached hydrogens (tertiary/aromatic N) is 1. The summed E-state index contributed by atoms with van der Waals surface area (Å²) in [5.74, 6) is 1.48.